The lowest BCUT2D eigenvalue weighted by Gasteiger charge is -2.23. The SMILES string of the molecule is NC(=O)c1ccc(C(=O)N(c2ccc(O)cc2)c2ccc(O)cc2)cc1. The van der Waals surface area contributed by atoms with Crippen LogP contribution in [0, 0.1) is 0 Å². The zero-order valence-corrected chi connectivity index (χ0v) is 13.7. The highest BCUT2D eigenvalue weighted by Crippen LogP contribution is 2.30. The number of anilines is 2. The Balaban J connectivity index is 2.04. The number of benzene rings is 3. The molecule has 0 unspecified atom stereocenters. The average Bonchev–Trinajstić information content (AvgIpc) is 2.65. The van der Waals surface area contributed by atoms with E-state index in [1.54, 1.807) is 24.3 Å². The summed E-state index contributed by atoms with van der Waals surface area (Å²) in [4.78, 5) is 25.7. The van der Waals surface area contributed by atoms with E-state index in [2.05, 4.69) is 0 Å². The Morgan fingerprint density at radius 2 is 1.04 bits per heavy atom. The Bertz CT molecular complexity index is 888. The zero-order chi connectivity index (χ0) is 18.7. The van der Waals surface area contributed by atoms with Gasteiger partial charge in [-0.05, 0) is 72.8 Å². The molecule has 26 heavy (non-hydrogen) atoms. The monoisotopic (exact) mass is 348 g/mol. The van der Waals surface area contributed by atoms with Crippen LogP contribution in [0.15, 0.2) is 72.8 Å². The molecular weight excluding hydrogens is 332 g/mol. The molecule has 3 rings (SSSR count). The first-order valence-electron chi connectivity index (χ1n) is 7.78. The highest BCUT2D eigenvalue weighted by molar-refractivity contribution is 6.11. The molecule has 0 aromatic heterocycles. The second kappa shape index (κ2) is 6.98. The van der Waals surface area contributed by atoms with Gasteiger partial charge in [-0.15, -0.1) is 0 Å². The predicted octanol–water partition coefficient (Wildman–Crippen LogP) is 3.18. The van der Waals surface area contributed by atoms with Crippen LogP contribution in [0.1, 0.15) is 20.7 Å². The maximum Gasteiger partial charge on any atom is 0.262 e. The van der Waals surface area contributed by atoms with Gasteiger partial charge < -0.3 is 15.9 Å². The number of hydrogen-bond acceptors (Lipinski definition) is 4. The number of phenolic OH excluding ortho intramolecular Hbond substituents is 2. The summed E-state index contributed by atoms with van der Waals surface area (Å²) in [6.07, 6.45) is 0. The topological polar surface area (TPSA) is 104 Å². The fourth-order valence-electron chi connectivity index (χ4n) is 2.49. The first-order valence-corrected chi connectivity index (χ1v) is 7.78. The Morgan fingerprint density at radius 1 is 0.654 bits per heavy atom. The van der Waals surface area contributed by atoms with E-state index in [1.807, 2.05) is 0 Å². The van der Waals surface area contributed by atoms with E-state index >= 15 is 0 Å². The van der Waals surface area contributed by atoms with Gasteiger partial charge in [0.1, 0.15) is 11.5 Å². The van der Waals surface area contributed by atoms with Crippen molar-refractivity contribution in [1.29, 1.82) is 0 Å². The molecule has 0 radical (unpaired) electrons. The summed E-state index contributed by atoms with van der Waals surface area (Å²) in [6, 6.07) is 18.4. The molecule has 3 aromatic carbocycles. The number of hydrogen-bond donors (Lipinski definition) is 3. The van der Waals surface area contributed by atoms with Crippen molar-refractivity contribution in [1.82, 2.24) is 0 Å². The van der Waals surface area contributed by atoms with Crippen LogP contribution in [0.2, 0.25) is 0 Å². The maximum absolute atomic E-state index is 13.1. The van der Waals surface area contributed by atoms with E-state index in [9.17, 15) is 19.8 Å². The zero-order valence-electron chi connectivity index (χ0n) is 13.7. The standard InChI is InChI=1S/C20H16N2O4/c21-19(25)13-1-3-14(4-2-13)20(26)22(15-5-9-17(23)10-6-15)16-7-11-18(24)12-8-16/h1-12,23-24H,(H2,21,25). The summed E-state index contributed by atoms with van der Waals surface area (Å²) in [5, 5.41) is 19.0. The number of aromatic hydroxyl groups is 2. The number of amides is 2. The van der Waals surface area contributed by atoms with Crippen molar-refractivity contribution in [2.45, 2.75) is 0 Å². The van der Waals surface area contributed by atoms with Gasteiger partial charge in [-0.25, -0.2) is 0 Å². The molecule has 130 valence electrons. The second-order valence-electron chi connectivity index (χ2n) is 5.61. The maximum atomic E-state index is 13.1. The molecule has 0 fully saturated rings. The largest absolute Gasteiger partial charge is 0.508 e. The summed E-state index contributed by atoms with van der Waals surface area (Å²) >= 11 is 0. The van der Waals surface area contributed by atoms with Crippen molar-refractivity contribution < 1.29 is 19.8 Å². The van der Waals surface area contributed by atoms with E-state index < -0.39 is 5.91 Å². The van der Waals surface area contributed by atoms with Crippen LogP contribution in [-0.2, 0) is 0 Å². The van der Waals surface area contributed by atoms with E-state index in [4.69, 9.17) is 5.73 Å². The van der Waals surface area contributed by atoms with Crippen molar-refractivity contribution in [3.05, 3.63) is 83.9 Å². The van der Waals surface area contributed by atoms with Crippen LogP contribution in [0.25, 0.3) is 0 Å². The van der Waals surface area contributed by atoms with Crippen LogP contribution >= 0.6 is 0 Å². The van der Waals surface area contributed by atoms with Crippen molar-refractivity contribution in [3.8, 4) is 11.5 Å². The Morgan fingerprint density at radius 3 is 1.42 bits per heavy atom. The number of nitrogens with two attached hydrogens (primary N) is 1. The van der Waals surface area contributed by atoms with Gasteiger partial charge in [0.15, 0.2) is 0 Å². The van der Waals surface area contributed by atoms with E-state index in [0.29, 0.717) is 22.5 Å². The smallest absolute Gasteiger partial charge is 0.262 e. The van der Waals surface area contributed by atoms with Crippen LogP contribution in [-0.4, -0.2) is 22.0 Å². The Labute approximate surface area is 149 Å². The first kappa shape index (κ1) is 17.0. The van der Waals surface area contributed by atoms with Gasteiger partial charge in [-0.3, -0.25) is 14.5 Å². The van der Waals surface area contributed by atoms with Crippen LogP contribution in [0.5, 0.6) is 11.5 Å². The minimum absolute atomic E-state index is 0.0812. The molecule has 2 amide bonds. The highest BCUT2D eigenvalue weighted by atomic mass is 16.3. The van der Waals surface area contributed by atoms with Gasteiger partial charge in [0.05, 0.1) is 0 Å². The number of carbonyl (C=O) groups is 2. The van der Waals surface area contributed by atoms with Crippen molar-refractivity contribution in [2.24, 2.45) is 5.73 Å². The predicted molar refractivity (Wildman–Crippen MR) is 97.6 cm³/mol. The van der Waals surface area contributed by atoms with Crippen molar-refractivity contribution in [3.63, 3.8) is 0 Å². The number of primary amides is 1. The summed E-state index contributed by atoms with van der Waals surface area (Å²) in [5.74, 6) is -0.745. The van der Waals surface area contributed by atoms with Crippen molar-refractivity contribution >= 4 is 23.2 Å². The Kier molecular flexibility index (Phi) is 4.57. The molecule has 0 bridgehead atoms. The van der Waals surface area contributed by atoms with Gasteiger partial charge in [-0.2, -0.15) is 0 Å². The molecule has 0 atom stereocenters. The summed E-state index contributed by atoms with van der Waals surface area (Å²) < 4.78 is 0. The van der Waals surface area contributed by atoms with Crippen LogP contribution in [0.3, 0.4) is 0 Å². The molecule has 0 aliphatic heterocycles. The first-order chi connectivity index (χ1) is 12.5. The molecule has 4 N–H and O–H groups in total. The van der Waals surface area contributed by atoms with Crippen molar-refractivity contribution in [2.75, 3.05) is 4.90 Å². The van der Waals surface area contributed by atoms with Gasteiger partial charge in [0.25, 0.3) is 5.91 Å². The minimum Gasteiger partial charge on any atom is -0.508 e. The lowest BCUT2D eigenvalue weighted by atomic mass is 10.1. The third-order valence-corrected chi connectivity index (χ3v) is 3.84. The van der Waals surface area contributed by atoms with Crippen LogP contribution in [0.4, 0.5) is 11.4 Å². The molecule has 0 spiro atoms. The lowest BCUT2D eigenvalue weighted by Crippen LogP contribution is -2.26. The van der Waals surface area contributed by atoms with Crippen LogP contribution < -0.4 is 10.6 Å². The average molecular weight is 348 g/mol. The van der Waals surface area contributed by atoms with Gasteiger partial charge in [-0.1, -0.05) is 0 Å². The number of phenols is 2. The van der Waals surface area contributed by atoms with Gasteiger partial charge in [0, 0.05) is 22.5 Å². The normalized spacial score (nSPS) is 10.3. The van der Waals surface area contributed by atoms with E-state index in [1.165, 1.54) is 53.4 Å². The number of carbonyl (C=O) groups excluding carboxylic acids is 2. The second-order valence-corrected chi connectivity index (χ2v) is 5.61. The molecule has 6 nitrogen and oxygen atoms in total. The summed E-state index contributed by atoms with van der Waals surface area (Å²) in [5.41, 5.74) is 6.97. The fraction of sp³-hybridized carbons (Fsp3) is 0. The van der Waals surface area contributed by atoms with Gasteiger partial charge in [0.2, 0.25) is 5.91 Å². The van der Waals surface area contributed by atoms with E-state index in [-0.39, 0.29) is 17.4 Å². The molecule has 6 heteroatoms. The summed E-state index contributed by atoms with van der Waals surface area (Å²) in [6.45, 7) is 0. The molecule has 0 aliphatic carbocycles. The third kappa shape index (κ3) is 3.49. The quantitative estimate of drug-likeness (QED) is 0.673. The van der Waals surface area contributed by atoms with Gasteiger partial charge >= 0.3 is 0 Å². The molecule has 3 aromatic rings. The van der Waals surface area contributed by atoms with E-state index in [0.717, 1.165) is 0 Å². The fourth-order valence-corrected chi connectivity index (χ4v) is 2.49. The summed E-state index contributed by atoms with van der Waals surface area (Å²) in [7, 11) is 0. The minimum atomic E-state index is -0.571. The third-order valence-electron chi connectivity index (χ3n) is 3.84. The molecule has 0 saturated heterocycles. The molecule has 0 heterocycles. The molecule has 0 saturated carbocycles. The number of rotatable bonds is 4. The molecule has 0 aliphatic rings. The molecular formula is C20H16N2O4. The lowest BCUT2D eigenvalue weighted by molar-refractivity contribution is 0.0988. The number of nitrogens with zero attached hydrogens (tertiary/aromatic N) is 1. The highest BCUT2D eigenvalue weighted by Gasteiger charge is 2.20. The Hall–Kier alpha value is -3.80.